The molecule has 0 aromatic carbocycles. The van der Waals surface area contributed by atoms with Crippen LogP contribution in [0.1, 0.15) is 16.8 Å². The van der Waals surface area contributed by atoms with Gasteiger partial charge in [0.1, 0.15) is 0 Å². The minimum absolute atomic E-state index is 0.639. The van der Waals surface area contributed by atoms with E-state index in [-0.39, 0.29) is 0 Å². The molecule has 11 heavy (non-hydrogen) atoms. The number of hydrogen-bond donors (Lipinski definition) is 1. The largest absolute Gasteiger partial charge is 0.307 e. The van der Waals surface area contributed by atoms with Crippen molar-refractivity contribution in [1.82, 2.24) is 10.3 Å². The Labute approximate surface area is 64.5 Å². The van der Waals surface area contributed by atoms with Gasteiger partial charge < -0.3 is 5.32 Å². The second-order valence-corrected chi connectivity index (χ2v) is 2.49. The first-order valence-corrected chi connectivity index (χ1v) is 3.47. The standard InChI is InChI=1S/C8H7N2O/c11-5-6-1-2-10-8-4-9-3-7(6)8/h1-2,9H,3-4H2. The Hall–Kier alpha value is -1.22. The molecule has 0 fully saturated rings. The van der Waals surface area contributed by atoms with Gasteiger partial charge in [0.2, 0.25) is 6.29 Å². The van der Waals surface area contributed by atoms with Gasteiger partial charge in [0.25, 0.3) is 0 Å². The molecule has 2 heterocycles. The van der Waals surface area contributed by atoms with E-state index in [9.17, 15) is 4.79 Å². The molecule has 1 N–H and O–H groups in total. The fourth-order valence-electron chi connectivity index (χ4n) is 1.29. The van der Waals surface area contributed by atoms with E-state index in [2.05, 4.69) is 10.3 Å². The summed E-state index contributed by atoms with van der Waals surface area (Å²) in [7, 11) is 0. The molecule has 0 saturated carbocycles. The lowest BCUT2D eigenvalue weighted by atomic mass is 10.1. The summed E-state index contributed by atoms with van der Waals surface area (Å²) in [6.07, 6.45) is 3.54. The maximum atomic E-state index is 10.4. The average Bonchev–Trinajstić information content (AvgIpc) is 2.50. The van der Waals surface area contributed by atoms with Crippen molar-refractivity contribution in [1.29, 1.82) is 0 Å². The van der Waals surface area contributed by atoms with E-state index in [0.29, 0.717) is 5.56 Å². The quantitative estimate of drug-likeness (QED) is 0.614. The van der Waals surface area contributed by atoms with Gasteiger partial charge in [0, 0.05) is 30.4 Å². The zero-order valence-electron chi connectivity index (χ0n) is 5.92. The predicted molar refractivity (Wildman–Crippen MR) is 39.6 cm³/mol. The van der Waals surface area contributed by atoms with Crippen LogP contribution in [0.2, 0.25) is 0 Å². The Morgan fingerprint density at radius 3 is 3.27 bits per heavy atom. The first-order chi connectivity index (χ1) is 5.42. The van der Waals surface area contributed by atoms with Crippen molar-refractivity contribution in [2.45, 2.75) is 13.1 Å². The van der Waals surface area contributed by atoms with Crippen LogP contribution in [0.25, 0.3) is 0 Å². The summed E-state index contributed by atoms with van der Waals surface area (Å²) in [5, 5.41) is 3.12. The Balaban J connectivity index is 2.58. The SMILES string of the molecule is O=[C]c1ccnc2c1CNC2. The summed E-state index contributed by atoms with van der Waals surface area (Å²) < 4.78 is 0. The minimum atomic E-state index is 0.639. The van der Waals surface area contributed by atoms with Crippen LogP contribution in [0.4, 0.5) is 0 Å². The van der Waals surface area contributed by atoms with Crippen LogP contribution in [0, 0.1) is 0 Å². The van der Waals surface area contributed by atoms with Crippen LogP contribution in [-0.4, -0.2) is 11.3 Å². The second kappa shape index (κ2) is 2.43. The van der Waals surface area contributed by atoms with Gasteiger partial charge in [-0.25, -0.2) is 0 Å². The van der Waals surface area contributed by atoms with Gasteiger partial charge in [-0.2, -0.15) is 0 Å². The van der Waals surface area contributed by atoms with E-state index in [0.717, 1.165) is 24.3 Å². The number of pyridine rings is 1. The molecule has 0 saturated heterocycles. The fourth-order valence-corrected chi connectivity index (χ4v) is 1.29. The molecule has 0 bridgehead atoms. The third-order valence-electron chi connectivity index (χ3n) is 1.85. The maximum Gasteiger partial charge on any atom is 0.233 e. The van der Waals surface area contributed by atoms with Crippen LogP contribution in [-0.2, 0) is 17.9 Å². The first kappa shape index (κ1) is 6.49. The van der Waals surface area contributed by atoms with Gasteiger partial charge in [0.05, 0.1) is 5.69 Å². The van der Waals surface area contributed by atoms with Crippen molar-refractivity contribution in [2.24, 2.45) is 0 Å². The Morgan fingerprint density at radius 2 is 2.45 bits per heavy atom. The summed E-state index contributed by atoms with van der Waals surface area (Å²) >= 11 is 0. The number of rotatable bonds is 1. The molecule has 0 spiro atoms. The van der Waals surface area contributed by atoms with Crippen molar-refractivity contribution in [3.63, 3.8) is 0 Å². The summed E-state index contributed by atoms with van der Waals surface area (Å²) in [6, 6.07) is 1.69. The molecule has 3 nitrogen and oxygen atoms in total. The second-order valence-electron chi connectivity index (χ2n) is 2.49. The van der Waals surface area contributed by atoms with Crippen molar-refractivity contribution >= 4 is 6.29 Å². The Kier molecular flexibility index (Phi) is 1.43. The smallest absolute Gasteiger partial charge is 0.233 e. The number of nitrogens with one attached hydrogen (secondary N) is 1. The van der Waals surface area contributed by atoms with Crippen molar-refractivity contribution < 1.29 is 4.79 Å². The van der Waals surface area contributed by atoms with Crippen LogP contribution in [0.3, 0.4) is 0 Å². The average molecular weight is 147 g/mol. The molecule has 0 amide bonds. The molecule has 0 unspecified atom stereocenters. The number of fused-ring (bicyclic) bond motifs is 1. The number of aromatic nitrogens is 1. The maximum absolute atomic E-state index is 10.4. The number of nitrogens with zero attached hydrogens (tertiary/aromatic N) is 1. The van der Waals surface area contributed by atoms with E-state index in [1.54, 1.807) is 12.3 Å². The van der Waals surface area contributed by atoms with E-state index in [4.69, 9.17) is 0 Å². The van der Waals surface area contributed by atoms with E-state index < -0.39 is 0 Å². The van der Waals surface area contributed by atoms with Gasteiger partial charge in [-0.1, -0.05) is 0 Å². The monoisotopic (exact) mass is 147 g/mol. The molecule has 1 aliphatic heterocycles. The zero-order valence-corrected chi connectivity index (χ0v) is 5.92. The molecule has 1 radical (unpaired) electrons. The highest BCUT2D eigenvalue weighted by atomic mass is 16.1. The third kappa shape index (κ3) is 0.935. The van der Waals surface area contributed by atoms with E-state index in [1.165, 1.54) is 0 Å². The molecular weight excluding hydrogens is 140 g/mol. The molecular formula is C8H7N2O. The summed E-state index contributed by atoms with van der Waals surface area (Å²) in [5.74, 6) is 0. The molecule has 1 aromatic rings. The van der Waals surface area contributed by atoms with Crippen molar-refractivity contribution in [2.75, 3.05) is 0 Å². The number of hydrogen-bond acceptors (Lipinski definition) is 3. The third-order valence-corrected chi connectivity index (χ3v) is 1.85. The number of carbonyl (C=O) groups excluding carboxylic acids is 1. The topological polar surface area (TPSA) is 42.0 Å². The summed E-state index contributed by atoms with van der Waals surface area (Å²) in [5.41, 5.74) is 2.62. The van der Waals surface area contributed by atoms with Gasteiger partial charge in [-0.05, 0) is 6.07 Å². The van der Waals surface area contributed by atoms with E-state index in [1.807, 2.05) is 6.29 Å². The molecule has 0 aliphatic carbocycles. The molecule has 0 atom stereocenters. The van der Waals surface area contributed by atoms with Crippen molar-refractivity contribution in [3.8, 4) is 0 Å². The highest BCUT2D eigenvalue weighted by molar-refractivity contribution is 5.78. The lowest BCUT2D eigenvalue weighted by Crippen LogP contribution is -2.00. The Bertz CT molecular complexity index is 296. The summed E-state index contributed by atoms with van der Waals surface area (Å²) in [6.45, 7) is 1.51. The van der Waals surface area contributed by atoms with Gasteiger partial charge >= 0.3 is 0 Å². The molecule has 2 rings (SSSR count). The highest BCUT2D eigenvalue weighted by Gasteiger charge is 2.14. The Morgan fingerprint density at radius 1 is 1.55 bits per heavy atom. The van der Waals surface area contributed by atoms with Crippen LogP contribution in [0.15, 0.2) is 12.3 Å². The van der Waals surface area contributed by atoms with Gasteiger partial charge in [0.15, 0.2) is 0 Å². The fraction of sp³-hybridized carbons (Fsp3) is 0.250. The van der Waals surface area contributed by atoms with E-state index >= 15 is 0 Å². The van der Waals surface area contributed by atoms with Crippen LogP contribution in [0.5, 0.6) is 0 Å². The van der Waals surface area contributed by atoms with Gasteiger partial charge in [-0.3, -0.25) is 9.78 Å². The molecule has 55 valence electrons. The predicted octanol–water partition coefficient (Wildman–Crippen LogP) is 0.143. The zero-order chi connectivity index (χ0) is 7.68. The molecule has 3 heteroatoms. The first-order valence-electron chi connectivity index (χ1n) is 3.47. The normalized spacial score (nSPS) is 14.5. The molecule has 1 aliphatic rings. The van der Waals surface area contributed by atoms with Crippen LogP contribution >= 0.6 is 0 Å². The lowest BCUT2D eigenvalue weighted by Gasteiger charge is -1.96. The molecule has 1 aromatic heterocycles. The summed E-state index contributed by atoms with van der Waals surface area (Å²) in [4.78, 5) is 14.5. The van der Waals surface area contributed by atoms with Gasteiger partial charge in [-0.15, -0.1) is 0 Å². The minimum Gasteiger partial charge on any atom is -0.307 e. The van der Waals surface area contributed by atoms with Crippen LogP contribution < -0.4 is 5.32 Å². The van der Waals surface area contributed by atoms with Crippen molar-refractivity contribution in [3.05, 3.63) is 29.1 Å². The lowest BCUT2D eigenvalue weighted by molar-refractivity contribution is 0.562. The highest BCUT2D eigenvalue weighted by Crippen LogP contribution is 2.15.